The fourth-order valence-corrected chi connectivity index (χ4v) is 6.78. The first-order chi connectivity index (χ1) is 26.2. The molecule has 0 spiro atoms. The van der Waals surface area contributed by atoms with Gasteiger partial charge in [-0.15, -0.1) is 0 Å². The van der Waals surface area contributed by atoms with Gasteiger partial charge >= 0.3 is 0 Å². The van der Waals surface area contributed by atoms with Crippen molar-refractivity contribution in [3.8, 4) is 67.5 Å². The van der Waals surface area contributed by atoms with Gasteiger partial charge in [0.05, 0.1) is 11.0 Å². The fraction of sp³-hybridized carbons (Fsp3) is 0. The highest BCUT2D eigenvalue weighted by Crippen LogP contribution is 2.33. The van der Waals surface area contributed by atoms with Crippen molar-refractivity contribution in [1.29, 1.82) is 0 Å². The van der Waals surface area contributed by atoms with Crippen molar-refractivity contribution in [3.63, 3.8) is 0 Å². The molecule has 0 atom stereocenters. The predicted octanol–water partition coefficient (Wildman–Crippen LogP) is 11.7. The zero-order valence-electron chi connectivity index (χ0n) is 28.4. The van der Waals surface area contributed by atoms with Crippen molar-refractivity contribution in [1.82, 2.24) is 24.9 Å². The Balaban J connectivity index is 0.940. The van der Waals surface area contributed by atoms with Crippen LogP contribution in [0.25, 0.3) is 101 Å². The van der Waals surface area contributed by atoms with Crippen LogP contribution in [0.2, 0.25) is 0 Å². The molecule has 0 N–H and O–H groups in total. The summed E-state index contributed by atoms with van der Waals surface area (Å²) in [6, 6.07) is 59.9. The largest absolute Gasteiger partial charge is 0.436 e. The van der Waals surface area contributed by atoms with Gasteiger partial charge in [0.2, 0.25) is 5.71 Å². The van der Waals surface area contributed by atoms with Crippen LogP contribution in [0.1, 0.15) is 0 Å². The van der Waals surface area contributed by atoms with Gasteiger partial charge in [0.15, 0.2) is 17.5 Å². The Morgan fingerprint density at radius 2 is 0.679 bits per heavy atom. The van der Waals surface area contributed by atoms with Crippen LogP contribution in [-0.2, 0) is 0 Å². The van der Waals surface area contributed by atoms with Gasteiger partial charge in [-0.2, -0.15) is 0 Å². The van der Waals surface area contributed by atoms with E-state index < -0.39 is 0 Å². The lowest BCUT2D eigenvalue weighted by Crippen LogP contribution is -2.00. The molecule has 0 saturated heterocycles. The minimum absolute atomic E-state index is 0.553. The predicted molar refractivity (Wildman–Crippen MR) is 213 cm³/mol. The van der Waals surface area contributed by atoms with Gasteiger partial charge in [-0.05, 0) is 57.6 Å². The summed E-state index contributed by atoms with van der Waals surface area (Å²) in [4.78, 5) is 24.3. The molecular weight excluding hydrogens is 651 g/mol. The summed E-state index contributed by atoms with van der Waals surface area (Å²) in [7, 11) is 0. The minimum Gasteiger partial charge on any atom is -0.436 e. The highest BCUT2D eigenvalue weighted by Gasteiger charge is 2.15. The Morgan fingerprint density at radius 1 is 0.302 bits per heavy atom. The molecular formula is C47H29N5O. The average molecular weight is 680 g/mol. The SMILES string of the molecule is c1ccc(-c2ccc(-c3nc(-c4ccccc4)nc(-c4ccc(-c5ccc(-c6ccc7c(c6)oc6nc8ccccc8nc67)cc5)cc4)n3)cc2)cc1. The molecule has 0 aliphatic carbocycles. The van der Waals surface area contributed by atoms with E-state index in [-0.39, 0.29) is 0 Å². The second-order valence-corrected chi connectivity index (χ2v) is 12.9. The number of hydrogen-bond donors (Lipinski definition) is 0. The molecule has 7 aromatic carbocycles. The molecule has 0 bridgehead atoms. The Kier molecular flexibility index (Phi) is 7.36. The lowest BCUT2D eigenvalue weighted by atomic mass is 9.99. The number of fused-ring (bicyclic) bond motifs is 4. The van der Waals surface area contributed by atoms with Gasteiger partial charge < -0.3 is 4.42 Å². The third-order valence-corrected chi connectivity index (χ3v) is 9.59. The molecule has 0 aliphatic heterocycles. The summed E-state index contributed by atoms with van der Waals surface area (Å²) in [6.45, 7) is 0. The highest BCUT2D eigenvalue weighted by molar-refractivity contribution is 6.04. The topological polar surface area (TPSA) is 77.6 Å². The molecule has 6 nitrogen and oxygen atoms in total. The third-order valence-electron chi connectivity index (χ3n) is 9.59. The molecule has 3 aromatic heterocycles. The number of hydrogen-bond acceptors (Lipinski definition) is 6. The van der Waals surface area contributed by atoms with Crippen LogP contribution in [0.4, 0.5) is 0 Å². The number of nitrogens with zero attached hydrogens (tertiary/aromatic N) is 5. The Bertz CT molecular complexity index is 2900. The molecule has 10 aromatic rings. The van der Waals surface area contributed by atoms with Gasteiger partial charge in [0.25, 0.3) is 0 Å². The second kappa shape index (κ2) is 12.8. The summed E-state index contributed by atoms with van der Waals surface area (Å²) < 4.78 is 6.16. The first-order valence-electron chi connectivity index (χ1n) is 17.5. The third kappa shape index (κ3) is 5.78. The van der Waals surface area contributed by atoms with E-state index in [1.807, 2.05) is 60.7 Å². The zero-order valence-corrected chi connectivity index (χ0v) is 28.4. The second-order valence-electron chi connectivity index (χ2n) is 12.9. The molecule has 248 valence electrons. The van der Waals surface area contributed by atoms with Gasteiger partial charge in [0.1, 0.15) is 11.1 Å². The first kappa shape index (κ1) is 30.5. The van der Waals surface area contributed by atoms with Crippen LogP contribution in [0, 0.1) is 0 Å². The molecule has 0 unspecified atom stereocenters. The Morgan fingerprint density at radius 3 is 1.21 bits per heavy atom. The quantitative estimate of drug-likeness (QED) is 0.174. The lowest BCUT2D eigenvalue weighted by molar-refractivity contribution is 0.655. The number of benzene rings is 7. The van der Waals surface area contributed by atoms with E-state index in [4.69, 9.17) is 29.3 Å². The Hall–Kier alpha value is -7.31. The number of aromatic nitrogens is 5. The molecule has 0 radical (unpaired) electrons. The van der Waals surface area contributed by atoms with Crippen LogP contribution in [0.3, 0.4) is 0 Å². The molecule has 10 rings (SSSR count). The molecule has 0 fully saturated rings. The van der Waals surface area contributed by atoms with E-state index in [2.05, 4.69) is 115 Å². The van der Waals surface area contributed by atoms with E-state index in [1.165, 1.54) is 5.56 Å². The van der Waals surface area contributed by atoms with Crippen LogP contribution < -0.4 is 0 Å². The van der Waals surface area contributed by atoms with Crippen molar-refractivity contribution in [2.75, 3.05) is 0 Å². The molecule has 0 saturated carbocycles. The normalized spacial score (nSPS) is 11.4. The summed E-state index contributed by atoms with van der Waals surface area (Å²) in [5.74, 6) is 1.90. The maximum absolute atomic E-state index is 6.16. The van der Waals surface area contributed by atoms with Gasteiger partial charge in [-0.25, -0.2) is 24.9 Å². The van der Waals surface area contributed by atoms with Crippen LogP contribution in [0.5, 0.6) is 0 Å². The van der Waals surface area contributed by atoms with Crippen molar-refractivity contribution < 1.29 is 4.42 Å². The molecule has 3 heterocycles. The monoisotopic (exact) mass is 679 g/mol. The molecule has 0 aliphatic rings. The van der Waals surface area contributed by atoms with Crippen LogP contribution in [0.15, 0.2) is 180 Å². The number of para-hydroxylation sites is 2. The standard InChI is InChI=1S/C47H29N5O/c1-3-9-30(10-4-1)31-19-23-36(24-20-31)45-50-44(35-11-5-2-6-12-35)51-46(52-45)37-25-21-33(22-26-37)32-15-17-34(18-16-32)38-27-28-39-42(29-38)53-47-43(39)48-40-13-7-8-14-41(40)49-47/h1-29H. The van der Waals surface area contributed by atoms with Gasteiger partial charge in [-0.3, -0.25) is 0 Å². The van der Waals surface area contributed by atoms with Crippen molar-refractivity contribution in [2.45, 2.75) is 0 Å². The molecule has 53 heavy (non-hydrogen) atoms. The fourth-order valence-electron chi connectivity index (χ4n) is 6.78. The summed E-state index contributed by atoms with van der Waals surface area (Å²) in [5.41, 5.74) is 13.3. The zero-order chi connectivity index (χ0) is 35.1. The van der Waals surface area contributed by atoms with E-state index in [9.17, 15) is 0 Å². The van der Waals surface area contributed by atoms with E-state index in [0.29, 0.717) is 23.2 Å². The van der Waals surface area contributed by atoms with Gasteiger partial charge in [-0.1, -0.05) is 152 Å². The van der Waals surface area contributed by atoms with E-state index in [1.54, 1.807) is 0 Å². The summed E-state index contributed by atoms with van der Waals surface area (Å²) in [5, 5.41) is 0.959. The summed E-state index contributed by atoms with van der Waals surface area (Å²) >= 11 is 0. The Labute approximate surface area is 305 Å². The highest BCUT2D eigenvalue weighted by atomic mass is 16.3. The van der Waals surface area contributed by atoms with E-state index >= 15 is 0 Å². The van der Waals surface area contributed by atoms with E-state index in [0.717, 1.165) is 72.0 Å². The first-order valence-corrected chi connectivity index (χ1v) is 17.5. The molecule has 6 heteroatoms. The maximum Gasteiger partial charge on any atom is 0.246 e. The van der Waals surface area contributed by atoms with Crippen molar-refractivity contribution in [3.05, 3.63) is 176 Å². The maximum atomic E-state index is 6.16. The number of rotatable bonds is 6. The smallest absolute Gasteiger partial charge is 0.246 e. The molecule has 0 amide bonds. The summed E-state index contributed by atoms with van der Waals surface area (Å²) in [6.07, 6.45) is 0. The van der Waals surface area contributed by atoms with Crippen molar-refractivity contribution in [2.24, 2.45) is 0 Å². The van der Waals surface area contributed by atoms with Crippen LogP contribution in [-0.4, -0.2) is 24.9 Å². The lowest BCUT2D eigenvalue weighted by Gasteiger charge is -2.10. The number of furan rings is 1. The van der Waals surface area contributed by atoms with Gasteiger partial charge in [0, 0.05) is 22.1 Å². The minimum atomic E-state index is 0.553. The average Bonchev–Trinajstić information content (AvgIpc) is 3.60. The van der Waals surface area contributed by atoms with Crippen molar-refractivity contribution >= 4 is 33.2 Å². The van der Waals surface area contributed by atoms with Crippen LogP contribution >= 0.6 is 0 Å².